The molecule has 0 spiro atoms. The molecule has 0 aliphatic rings. The highest BCUT2D eigenvalue weighted by atomic mass is 16.1. The Morgan fingerprint density at radius 1 is 1.50 bits per heavy atom. The molecule has 0 radical (unpaired) electrons. The Morgan fingerprint density at radius 3 is 3.06 bits per heavy atom. The molecule has 1 aromatic heterocycles. The van der Waals surface area contributed by atoms with Crippen molar-refractivity contribution in [2.45, 2.75) is 19.4 Å². The number of aromatic nitrogens is 2. The largest absolute Gasteiger partial charge is 0.333 e. The fourth-order valence-electron chi connectivity index (χ4n) is 1.64. The Hall–Kier alpha value is -1.90. The van der Waals surface area contributed by atoms with Crippen LogP contribution in [0.4, 0.5) is 0 Å². The summed E-state index contributed by atoms with van der Waals surface area (Å²) in [7, 11) is 0. The minimum absolute atomic E-state index is 0.0391. The van der Waals surface area contributed by atoms with Crippen molar-refractivity contribution in [1.82, 2.24) is 9.55 Å². The van der Waals surface area contributed by atoms with E-state index in [0.717, 1.165) is 18.4 Å². The van der Waals surface area contributed by atoms with Crippen molar-refractivity contribution >= 4 is 6.29 Å². The molecule has 3 nitrogen and oxygen atoms in total. The summed E-state index contributed by atoms with van der Waals surface area (Å²) in [5, 5.41) is 0. The maximum Gasteiger partial charge on any atom is 0.127 e. The fourth-order valence-corrected chi connectivity index (χ4v) is 1.64. The lowest BCUT2D eigenvalue weighted by Gasteiger charge is -2.07. The minimum atomic E-state index is -0.0391. The lowest BCUT2D eigenvalue weighted by atomic mass is 10.0. The third-order valence-corrected chi connectivity index (χ3v) is 2.61. The smallest absolute Gasteiger partial charge is 0.127 e. The Bertz CT molecular complexity index is 463. The number of rotatable bonds is 4. The molecule has 0 N–H and O–H groups in total. The Balaban J connectivity index is 2.19. The first-order valence-corrected chi connectivity index (χ1v) is 5.29. The van der Waals surface area contributed by atoms with E-state index in [1.165, 1.54) is 5.56 Å². The van der Waals surface area contributed by atoms with Crippen LogP contribution in [-0.2, 0) is 11.3 Å². The van der Waals surface area contributed by atoms with Crippen molar-refractivity contribution in [2.24, 2.45) is 0 Å². The van der Waals surface area contributed by atoms with E-state index >= 15 is 0 Å². The second kappa shape index (κ2) is 4.75. The minimum Gasteiger partial charge on any atom is -0.333 e. The number of carbonyl (C=O) groups excluding carboxylic acids is 1. The number of nitrogens with zero attached hydrogens (tertiary/aromatic N) is 2. The molecule has 0 bridgehead atoms. The molecule has 1 aromatic carbocycles. The Kier molecular flexibility index (Phi) is 3.15. The van der Waals surface area contributed by atoms with E-state index in [2.05, 4.69) is 17.1 Å². The summed E-state index contributed by atoms with van der Waals surface area (Å²) in [5.41, 5.74) is 2.25. The van der Waals surface area contributed by atoms with Crippen LogP contribution in [0, 0.1) is 0 Å². The maximum absolute atomic E-state index is 10.7. The van der Waals surface area contributed by atoms with E-state index in [0.29, 0.717) is 0 Å². The van der Waals surface area contributed by atoms with Crippen molar-refractivity contribution in [3.05, 3.63) is 54.1 Å². The third kappa shape index (κ3) is 2.37. The fraction of sp³-hybridized carbons (Fsp3) is 0.231. The van der Waals surface area contributed by atoms with Gasteiger partial charge in [0.1, 0.15) is 6.29 Å². The van der Waals surface area contributed by atoms with Gasteiger partial charge in [-0.1, -0.05) is 31.2 Å². The number of imidazole rings is 1. The van der Waals surface area contributed by atoms with Crippen molar-refractivity contribution in [1.29, 1.82) is 0 Å². The van der Waals surface area contributed by atoms with Gasteiger partial charge in [0.15, 0.2) is 0 Å². The molecule has 0 saturated heterocycles. The number of aldehydes is 1. The number of carbonyl (C=O) groups is 1. The van der Waals surface area contributed by atoms with Gasteiger partial charge in [-0.3, -0.25) is 0 Å². The normalized spacial score (nSPS) is 12.3. The highest BCUT2D eigenvalue weighted by Gasteiger charge is 2.04. The predicted molar refractivity (Wildman–Crippen MR) is 62.3 cm³/mol. The average Bonchev–Trinajstić information content (AvgIpc) is 2.81. The van der Waals surface area contributed by atoms with Crippen molar-refractivity contribution in [3.63, 3.8) is 0 Å². The van der Waals surface area contributed by atoms with Gasteiger partial charge in [-0.15, -0.1) is 0 Å². The molecule has 1 heterocycles. The molecule has 2 aromatic rings. The molecular formula is C13H14N2O. The average molecular weight is 214 g/mol. The lowest BCUT2D eigenvalue weighted by molar-refractivity contribution is -0.108. The molecule has 0 aliphatic heterocycles. The van der Waals surface area contributed by atoms with E-state index in [-0.39, 0.29) is 5.92 Å². The van der Waals surface area contributed by atoms with Crippen LogP contribution in [0.5, 0.6) is 0 Å². The first kappa shape index (κ1) is 10.6. The van der Waals surface area contributed by atoms with Crippen molar-refractivity contribution in [2.75, 3.05) is 0 Å². The monoisotopic (exact) mass is 214 g/mol. The first-order chi connectivity index (χ1) is 7.79. The zero-order chi connectivity index (χ0) is 11.4. The zero-order valence-electron chi connectivity index (χ0n) is 9.21. The topological polar surface area (TPSA) is 34.9 Å². The van der Waals surface area contributed by atoms with E-state index in [1.807, 2.05) is 29.8 Å². The van der Waals surface area contributed by atoms with Crippen LogP contribution in [0.15, 0.2) is 43.0 Å². The molecule has 0 saturated carbocycles. The number of benzene rings is 1. The Labute approximate surface area is 94.7 Å². The van der Waals surface area contributed by atoms with Crippen LogP contribution < -0.4 is 0 Å². The van der Waals surface area contributed by atoms with Gasteiger partial charge in [0.2, 0.25) is 0 Å². The molecule has 0 aliphatic carbocycles. The molecule has 1 atom stereocenters. The maximum atomic E-state index is 10.7. The number of hydrogen-bond acceptors (Lipinski definition) is 2. The second-order valence-corrected chi connectivity index (χ2v) is 3.90. The predicted octanol–water partition coefficient (Wildman–Crippen LogP) is 2.23. The molecule has 82 valence electrons. The van der Waals surface area contributed by atoms with Gasteiger partial charge in [-0.05, 0) is 11.1 Å². The molecule has 0 amide bonds. The van der Waals surface area contributed by atoms with Gasteiger partial charge < -0.3 is 9.36 Å². The standard InChI is InChI=1S/C13H14N2O/c1-11(9-16)13-4-2-3-12(7-13)8-15-6-5-14-10-15/h2-7,9-11H,8H2,1H3. The number of hydrogen-bond donors (Lipinski definition) is 0. The molecule has 0 fully saturated rings. The van der Waals surface area contributed by atoms with E-state index in [4.69, 9.17) is 0 Å². The highest BCUT2D eigenvalue weighted by molar-refractivity contribution is 5.61. The van der Waals surface area contributed by atoms with Crippen LogP contribution >= 0.6 is 0 Å². The van der Waals surface area contributed by atoms with Gasteiger partial charge >= 0.3 is 0 Å². The zero-order valence-corrected chi connectivity index (χ0v) is 9.21. The summed E-state index contributed by atoms with van der Waals surface area (Å²) >= 11 is 0. The SMILES string of the molecule is CC(C=O)c1cccc(Cn2ccnc2)c1. The molecular weight excluding hydrogens is 200 g/mol. The van der Waals surface area contributed by atoms with Crippen LogP contribution in [0.3, 0.4) is 0 Å². The van der Waals surface area contributed by atoms with Crippen molar-refractivity contribution in [3.8, 4) is 0 Å². The van der Waals surface area contributed by atoms with Gasteiger partial charge in [0.05, 0.1) is 6.33 Å². The summed E-state index contributed by atoms with van der Waals surface area (Å²) in [4.78, 5) is 14.7. The summed E-state index contributed by atoms with van der Waals surface area (Å²) in [5.74, 6) is -0.0391. The Morgan fingerprint density at radius 2 is 2.38 bits per heavy atom. The second-order valence-electron chi connectivity index (χ2n) is 3.90. The van der Waals surface area contributed by atoms with Crippen LogP contribution in [0.25, 0.3) is 0 Å². The first-order valence-electron chi connectivity index (χ1n) is 5.29. The van der Waals surface area contributed by atoms with Crippen LogP contribution in [0.1, 0.15) is 24.0 Å². The van der Waals surface area contributed by atoms with Gasteiger partial charge in [-0.2, -0.15) is 0 Å². The highest BCUT2D eigenvalue weighted by Crippen LogP contribution is 2.15. The summed E-state index contributed by atoms with van der Waals surface area (Å²) < 4.78 is 2.00. The van der Waals surface area contributed by atoms with Crippen molar-refractivity contribution < 1.29 is 4.79 Å². The van der Waals surface area contributed by atoms with Crippen LogP contribution in [0.2, 0.25) is 0 Å². The third-order valence-electron chi connectivity index (χ3n) is 2.61. The molecule has 3 heteroatoms. The molecule has 16 heavy (non-hydrogen) atoms. The summed E-state index contributed by atoms with van der Waals surface area (Å²) in [6, 6.07) is 8.10. The quantitative estimate of drug-likeness (QED) is 0.731. The summed E-state index contributed by atoms with van der Waals surface area (Å²) in [6.45, 7) is 2.70. The van der Waals surface area contributed by atoms with E-state index < -0.39 is 0 Å². The molecule has 2 rings (SSSR count). The van der Waals surface area contributed by atoms with Gasteiger partial charge in [0.25, 0.3) is 0 Å². The van der Waals surface area contributed by atoms with Gasteiger partial charge in [-0.25, -0.2) is 4.98 Å². The van der Waals surface area contributed by atoms with E-state index in [1.54, 1.807) is 12.5 Å². The molecule has 1 unspecified atom stereocenters. The van der Waals surface area contributed by atoms with E-state index in [9.17, 15) is 4.79 Å². The lowest BCUT2D eigenvalue weighted by Crippen LogP contribution is -1.99. The van der Waals surface area contributed by atoms with Gasteiger partial charge in [0, 0.05) is 24.9 Å². The summed E-state index contributed by atoms with van der Waals surface area (Å²) in [6.07, 6.45) is 6.44. The van der Waals surface area contributed by atoms with Crippen LogP contribution in [-0.4, -0.2) is 15.8 Å².